The van der Waals surface area contributed by atoms with Gasteiger partial charge in [-0.2, -0.15) is 5.26 Å². The molecule has 2 aromatic rings. The summed E-state index contributed by atoms with van der Waals surface area (Å²) < 4.78 is 0. The third-order valence-corrected chi connectivity index (χ3v) is 4.24. The van der Waals surface area contributed by atoms with Crippen molar-refractivity contribution in [3.8, 4) is 6.07 Å². The van der Waals surface area contributed by atoms with Gasteiger partial charge in [-0.05, 0) is 50.2 Å². The summed E-state index contributed by atoms with van der Waals surface area (Å²) in [6.07, 6.45) is 0. The van der Waals surface area contributed by atoms with Gasteiger partial charge in [0.1, 0.15) is 5.41 Å². The van der Waals surface area contributed by atoms with Gasteiger partial charge in [0.25, 0.3) is 0 Å². The van der Waals surface area contributed by atoms with Crippen LogP contribution in [0.1, 0.15) is 19.4 Å². The summed E-state index contributed by atoms with van der Waals surface area (Å²) in [6.45, 7) is 2.98. The lowest BCUT2D eigenvalue weighted by Crippen LogP contribution is -2.41. The van der Waals surface area contributed by atoms with Crippen LogP contribution in [0.3, 0.4) is 0 Å². The maximum absolute atomic E-state index is 12.5. The van der Waals surface area contributed by atoms with E-state index >= 15 is 0 Å². The molecule has 0 bridgehead atoms. The molecule has 0 saturated heterocycles. The molecule has 5 nitrogen and oxygen atoms in total. The number of para-hydroxylation sites is 1. The second-order valence-corrected chi connectivity index (χ2v) is 6.63. The number of amides is 2. The largest absolute Gasteiger partial charge is 0.325 e. The minimum Gasteiger partial charge on any atom is -0.325 e. The first-order valence-electron chi connectivity index (χ1n) is 7.33. The highest BCUT2D eigenvalue weighted by Gasteiger charge is 2.36. The van der Waals surface area contributed by atoms with Gasteiger partial charge in [-0.3, -0.25) is 9.59 Å². The van der Waals surface area contributed by atoms with E-state index in [9.17, 15) is 9.59 Å². The van der Waals surface area contributed by atoms with Crippen LogP contribution in [-0.4, -0.2) is 11.8 Å². The average Bonchev–Trinajstić information content (AvgIpc) is 2.58. The number of hydrogen-bond acceptors (Lipinski definition) is 3. The zero-order valence-electron chi connectivity index (χ0n) is 13.6. The van der Waals surface area contributed by atoms with Gasteiger partial charge in [0.15, 0.2) is 0 Å². The molecular formula is C18H15Cl2N3O2. The molecule has 0 aliphatic carbocycles. The molecule has 0 atom stereocenters. The van der Waals surface area contributed by atoms with Crippen molar-refractivity contribution in [1.82, 2.24) is 0 Å². The molecule has 0 fully saturated rings. The van der Waals surface area contributed by atoms with Crippen LogP contribution in [0, 0.1) is 16.7 Å². The average molecular weight is 376 g/mol. The summed E-state index contributed by atoms with van der Waals surface area (Å²) in [4.78, 5) is 25.0. The van der Waals surface area contributed by atoms with E-state index in [1.165, 1.54) is 13.8 Å². The van der Waals surface area contributed by atoms with Crippen molar-refractivity contribution < 1.29 is 9.59 Å². The number of nitrogens with one attached hydrogen (secondary N) is 2. The first-order valence-corrected chi connectivity index (χ1v) is 8.08. The van der Waals surface area contributed by atoms with Crippen LogP contribution in [-0.2, 0) is 9.59 Å². The van der Waals surface area contributed by atoms with E-state index in [1.54, 1.807) is 42.5 Å². The molecular weight excluding hydrogens is 361 g/mol. The highest BCUT2D eigenvalue weighted by molar-refractivity contribution is 6.40. The number of rotatable bonds is 4. The molecule has 0 saturated carbocycles. The lowest BCUT2D eigenvalue weighted by molar-refractivity contribution is -0.135. The number of carbonyl (C=O) groups excluding carboxylic acids is 2. The molecule has 128 valence electrons. The van der Waals surface area contributed by atoms with Crippen LogP contribution in [0.4, 0.5) is 11.4 Å². The molecule has 2 aromatic carbocycles. The SMILES string of the molecule is CC(C)(C(=O)Nc1ccc(C#N)cc1)C(=O)Nc1c(Cl)cccc1Cl. The normalized spacial score (nSPS) is 10.7. The topological polar surface area (TPSA) is 82.0 Å². The summed E-state index contributed by atoms with van der Waals surface area (Å²) in [7, 11) is 0. The van der Waals surface area contributed by atoms with E-state index in [-0.39, 0.29) is 15.7 Å². The molecule has 0 radical (unpaired) electrons. The molecule has 7 heteroatoms. The van der Waals surface area contributed by atoms with Crippen LogP contribution in [0.5, 0.6) is 0 Å². The van der Waals surface area contributed by atoms with Gasteiger partial charge in [-0.15, -0.1) is 0 Å². The highest BCUT2D eigenvalue weighted by atomic mass is 35.5. The van der Waals surface area contributed by atoms with Gasteiger partial charge >= 0.3 is 0 Å². The predicted molar refractivity (Wildman–Crippen MR) is 98.7 cm³/mol. The Bertz CT molecular complexity index is 835. The Kier molecular flexibility index (Phi) is 5.68. The van der Waals surface area contributed by atoms with E-state index in [2.05, 4.69) is 10.6 Å². The summed E-state index contributed by atoms with van der Waals surface area (Å²) in [6, 6.07) is 13.2. The summed E-state index contributed by atoms with van der Waals surface area (Å²) in [5.74, 6) is -1.05. The number of nitriles is 1. The standard InChI is InChI=1S/C18H15Cl2N3O2/c1-18(2,16(24)22-12-8-6-11(10-21)7-9-12)17(25)23-15-13(19)4-3-5-14(15)20/h3-9H,1-2H3,(H,22,24)(H,23,25). The molecule has 2 amide bonds. The van der Waals surface area contributed by atoms with Gasteiger partial charge in [-0.1, -0.05) is 29.3 Å². The highest BCUT2D eigenvalue weighted by Crippen LogP contribution is 2.31. The lowest BCUT2D eigenvalue weighted by atomic mass is 9.90. The summed E-state index contributed by atoms with van der Waals surface area (Å²) in [5, 5.41) is 14.6. The number of hydrogen-bond donors (Lipinski definition) is 2. The van der Waals surface area contributed by atoms with E-state index < -0.39 is 17.2 Å². The maximum atomic E-state index is 12.5. The van der Waals surface area contributed by atoms with Gasteiger partial charge in [0.05, 0.1) is 27.4 Å². The van der Waals surface area contributed by atoms with Crippen LogP contribution in [0.2, 0.25) is 10.0 Å². The number of anilines is 2. The minimum atomic E-state index is -1.38. The first kappa shape index (κ1) is 18.8. The summed E-state index contributed by atoms with van der Waals surface area (Å²) >= 11 is 12.1. The van der Waals surface area contributed by atoms with Crippen LogP contribution >= 0.6 is 23.2 Å². The van der Waals surface area contributed by atoms with E-state index in [0.717, 1.165) is 0 Å². The molecule has 0 aliphatic heterocycles. The maximum Gasteiger partial charge on any atom is 0.239 e. The Morgan fingerprint density at radius 1 is 0.960 bits per heavy atom. The van der Waals surface area contributed by atoms with Crippen molar-refractivity contribution in [1.29, 1.82) is 5.26 Å². The van der Waals surface area contributed by atoms with Crippen molar-refractivity contribution in [3.05, 3.63) is 58.1 Å². The van der Waals surface area contributed by atoms with Crippen molar-refractivity contribution in [3.63, 3.8) is 0 Å². The molecule has 0 aromatic heterocycles. The van der Waals surface area contributed by atoms with Crippen molar-refractivity contribution in [2.45, 2.75) is 13.8 Å². The number of halogens is 2. The van der Waals surface area contributed by atoms with Crippen LogP contribution < -0.4 is 10.6 Å². The third-order valence-electron chi connectivity index (χ3n) is 3.61. The first-order chi connectivity index (χ1) is 11.8. The Morgan fingerprint density at radius 2 is 1.48 bits per heavy atom. The zero-order chi connectivity index (χ0) is 18.6. The minimum absolute atomic E-state index is 0.259. The molecule has 0 unspecified atom stereocenters. The quantitative estimate of drug-likeness (QED) is 0.773. The number of carbonyl (C=O) groups is 2. The number of benzene rings is 2. The van der Waals surface area contributed by atoms with Crippen molar-refractivity contribution >= 4 is 46.4 Å². The molecule has 0 aliphatic rings. The van der Waals surface area contributed by atoms with Crippen molar-refractivity contribution in [2.75, 3.05) is 10.6 Å². The lowest BCUT2D eigenvalue weighted by Gasteiger charge is -2.23. The fraction of sp³-hybridized carbons (Fsp3) is 0.167. The molecule has 0 spiro atoms. The molecule has 2 N–H and O–H groups in total. The van der Waals surface area contributed by atoms with Gasteiger partial charge < -0.3 is 10.6 Å². The smallest absolute Gasteiger partial charge is 0.239 e. The van der Waals surface area contributed by atoms with E-state index in [1.807, 2.05) is 6.07 Å². The predicted octanol–water partition coefficient (Wildman–Crippen LogP) is 4.47. The molecule has 2 rings (SSSR count). The van der Waals surface area contributed by atoms with E-state index in [0.29, 0.717) is 11.3 Å². The monoisotopic (exact) mass is 375 g/mol. The van der Waals surface area contributed by atoms with Crippen molar-refractivity contribution in [2.24, 2.45) is 5.41 Å². The molecule has 25 heavy (non-hydrogen) atoms. The van der Waals surface area contributed by atoms with Gasteiger partial charge in [0, 0.05) is 5.69 Å². The summed E-state index contributed by atoms with van der Waals surface area (Å²) in [5.41, 5.74) is -0.157. The second-order valence-electron chi connectivity index (χ2n) is 5.82. The Hall–Kier alpha value is -2.55. The zero-order valence-corrected chi connectivity index (χ0v) is 15.1. The van der Waals surface area contributed by atoms with Crippen LogP contribution in [0.15, 0.2) is 42.5 Å². The van der Waals surface area contributed by atoms with E-state index in [4.69, 9.17) is 28.5 Å². The Balaban J connectivity index is 2.14. The second kappa shape index (κ2) is 7.56. The van der Waals surface area contributed by atoms with Gasteiger partial charge in [-0.25, -0.2) is 0 Å². The molecule has 0 heterocycles. The van der Waals surface area contributed by atoms with Gasteiger partial charge in [0.2, 0.25) is 11.8 Å². The van der Waals surface area contributed by atoms with Crippen LogP contribution in [0.25, 0.3) is 0 Å². The third kappa shape index (κ3) is 4.30. The fourth-order valence-electron chi connectivity index (χ4n) is 1.91. The Morgan fingerprint density at radius 3 is 2.00 bits per heavy atom. The number of nitrogens with zero attached hydrogens (tertiary/aromatic N) is 1. The Labute approximate surface area is 155 Å². The fourth-order valence-corrected chi connectivity index (χ4v) is 2.40.